The van der Waals surface area contributed by atoms with Crippen molar-refractivity contribution in [2.24, 2.45) is 5.92 Å². The van der Waals surface area contributed by atoms with E-state index >= 15 is 0 Å². The number of nitrogens with one attached hydrogen (secondary N) is 1. The smallest absolute Gasteiger partial charge is 0.407 e. The molecule has 0 aliphatic carbocycles. The Morgan fingerprint density at radius 2 is 1.84 bits per heavy atom. The summed E-state index contributed by atoms with van der Waals surface area (Å²) in [6.45, 7) is 5.63. The van der Waals surface area contributed by atoms with Crippen molar-refractivity contribution in [3.05, 3.63) is 35.9 Å². The van der Waals surface area contributed by atoms with Crippen molar-refractivity contribution >= 4 is 11.9 Å². The maximum atomic E-state index is 11.6. The average Bonchev–Trinajstić information content (AvgIpc) is 2.36. The Balaban J connectivity index is 2.33. The molecule has 0 fully saturated rings. The van der Waals surface area contributed by atoms with Crippen LogP contribution in [0.2, 0.25) is 0 Å². The molecule has 0 aliphatic heterocycles. The first-order valence-corrected chi connectivity index (χ1v) is 6.49. The number of ether oxygens (including phenoxy) is 1. The summed E-state index contributed by atoms with van der Waals surface area (Å²) in [5, 5.41) is 2.66. The molecule has 0 aromatic heterocycles. The average molecular weight is 263 g/mol. The number of rotatable bonds is 6. The second-order valence-electron chi connectivity index (χ2n) is 4.84. The fourth-order valence-electron chi connectivity index (χ4n) is 1.80. The Labute approximate surface area is 114 Å². The predicted octanol–water partition coefficient (Wildman–Crippen LogP) is 2.57. The fraction of sp³-hybridized carbons (Fsp3) is 0.467. The molecule has 0 bridgehead atoms. The molecule has 1 atom stereocenters. The van der Waals surface area contributed by atoms with E-state index in [1.807, 2.05) is 44.2 Å². The van der Waals surface area contributed by atoms with Gasteiger partial charge in [0.25, 0.3) is 0 Å². The van der Waals surface area contributed by atoms with E-state index in [1.165, 1.54) is 6.92 Å². The van der Waals surface area contributed by atoms with Gasteiger partial charge in [0.2, 0.25) is 0 Å². The molecule has 0 saturated heterocycles. The maximum Gasteiger partial charge on any atom is 0.407 e. The predicted molar refractivity (Wildman–Crippen MR) is 73.9 cm³/mol. The summed E-state index contributed by atoms with van der Waals surface area (Å²) in [6, 6.07) is 9.86. The van der Waals surface area contributed by atoms with Crippen LogP contribution in [-0.2, 0) is 16.0 Å². The highest BCUT2D eigenvalue weighted by Gasteiger charge is 2.22. The van der Waals surface area contributed by atoms with Crippen LogP contribution < -0.4 is 5.32 Å². The van der Waals surface area contributed by atoms with Gasteiger partial charge in [-0.3, -0.25) is 4.79 Å². The minimum Gasteiger partial charge on any atom is -0.438 e. The van der Waals surface area contributed by atoms with Gasteiger partial charge in [0, 0.05) is 6.54 Å². The van der Waals surface area contributed by atoms with Crippen molar-refractivity contribution in [3.8, 4) is 0 Å². The monoisotopic (exact) mass is 263 g/mol. The molecule has 0 spiro atoms. The third-order valence-corrected chi connectivity index (χ3v) is 2.77. The third kappa shape index (κ3) is 5.55. The summed E-state index contributed by atoms with van der Waals surface area (Å²) < 4.78 is 5.11. The number of carbonyl (C=O) groups is 2. The molecular weight excluding hydrogens is 242 g/mol. The lowest BCUT2D eigenvalue weighted by Gasteiger charge is -2.18. The Hall–Kier alpha value is -1.84. The van der Waals surface area contributed by atoms with E-state index in [9.17, 15) is 9.59 Å². The van der Waals surface area contributed by atoms with E-state index in [2.05, 4.69) is 5.32 Å². The SMILES string of the molecule is CC(=O)[C@@H](OC(=O)NCCc1ccccc1)C(C)C. The molecule has 0 heterocycles. The summed E-state index contributed by atoms with van der Waals surface area (Å²) in [6.07, 6.45) is -0.468. The molecule has 1 aromatic carbocycles. The molecule has 4 nitrogen and oxygen atoms in total. The molecule has 0 saturated carbocycles. The number of alkyl carbamates (subject to hydrolysis) is 1. The summed E-state index contributed by atoms with van der Waals surface area (Å²) in [4.78, 5) is 22.9. The van der Waals surface area contributed by atoms with Crippen molar-refractivity contribution in [1.29, 1.82) is 0 Å². The van der Waals surface area contributed by atoms with E-state index in [-0.39, 0.29) is 11.7 Å². The molecule has 104 valence electrons. The molecule has 1 rings (SSSR count). The number of carbonyl (C=O) groups excluding carboxylic acids is 2. The second kappa shape index (κ2) is 7.56. The van der Waals surface area contributed by atoms with Crippen LogP contribution in [0.1, 0.15) is 26.3 Å². The van der Waals surface area contributed by atoms with Gasteiger partial charge in [-0.15, -0.1) is 0 Å². The Kier molecular flexibility index (Phi) is 6.06. The molecule has 0 radical (unpaired) electrons. The van der Waals surface area contributed by atoms with Gasteiger partial charge in [0.1, 0.15) is 0 Å². The zero-order chi connectivity index (χ0) is 14.3. The number of hydrogen-bond donors (Lipinski definition) is 1. The van der Waals surface area contributed by atoms with E-state index in [0.29, 0.717) is 6.54 Å². The van der Waals surface area contributed by atoms with Gasteiger partial charge in [0.15, 0.2) is 11.9 Å². The number of ketones is 1. The number of hydrogen-bond acceptors (Lipinski definition) is 3. The topological polar surface area (TPSA) is 55.4 Å². The van der Waals surface area contributed by atoms with Gasteiger partial charge < -0.3 is 10.1 Å². The van der Waals surface area contributed by atoms with Gasteiger partial charge in [-0.05, 0) is 24.8 Å². The van der Waals surface area contributed by atoms with Crippen LogP contribution in [0, 0.1) is 5.92 Å². The van der Waals surface area contributed by atoms with Gasteiger partial charge in [-0.25, -0.2) is 4.79 Å². The summed E-state index contributed by atoms with van der Waals surface area (Å²) in [5.74, 6) is -0.148. The van der Waals surface area contributed by atoms with Crippen molar-refractivity contribution in [1.82, 2.24) is 5.32 Å². The first-order valence-electron chi connectivity index (χ1n) is 6.49. The largest absolute Gasteiger partial charge is 0.438 e. The van der Waals surface area contributed by atoms with Crippen molar-refractivity contribution in [2.45, 2.75) is 33.3 Å². The zero-order valence-corrected chi connectivity index (χ0v) is 11.7. The molecule has 1 aromatic rings. The van der Waals surface area contributed by atoms with E-state index in [1.54, 1.807) is 0 Å². The Morgan fingerprint density at radius 1 is 1.21 bits per heavy atom. The van der Waals surface area contributed by atoms with E-state index in [0.717, 1.165) is 12.0 Å². The van der Waals surface area contributed by atoms with Crippen LogP contribution in [0.15, 0.2) is 30.3 Å². The quantitative estimate of drug-likeness (QED) is 0.858. The van der Waals surface area contributed by atoms with Crippen molar-refractivity contribution < 1.29 is 14.3 Å². The van der Waals surface area contributed by atoms with Crippen LogP contribution in [0.3, 0.4) is 0 Å². The molecule has 1 amide bonds. The lowest BCUT2D eigenvalue weighted by molar-refractivity contribution is -0.127. The molecule has 19 heavy (non-hydrogen) atoms. The van der Waals surface area contributed by atoms with Crippen LogP contribution >= 0.6 is 0 Å². The number of amides is 1. The van der Waals surface area contributed by atoms with Crippen molar-refractivity contribution in [2.75, 3.05) is 6.54 Å². The van der Waals surface area contributed by atoms with E-state index in [4.69, 9.17) is 4.74 Å². The summed E-state index contributed by atoms with van der Waals surface area (Å²) >= 11 is 0. The van der Waals surface area contributed by atoms with Crippen LogP contribution in [-0.4, -0.2) is 24.5 Å². The zero-order valence-electron chi connectivity index (χ0n) is 11.7. The summed E-state index contributed by atoms with van der Waals surface area (Å²) in [7, 11) is 0. The second-order valence-corrected chi connectivity index (χ2v) is 4.84. The molecule has 0 unspecified atom stereocenters. The first-order chi connectivity index (χ1) is 9.00. The number of Topliss-reactive ketones (excluding diaryl/α,β-unsaturated/α-hetero) is 1. The van der Waals surface area contributed by atoms with Crippen LogP contribution in [0.25, 0.3) is 0 Å². The van der Waals surface area contributed by atoms with Gasteiger partial charge in [-0.2, -0.15) is 0 Å². The fourth-order valence-corrected chi connectivity index (χ4v) is 1.80. The normalized spacial score (nSPS) is 12.0. The molecular formula is C15H21NO3. The molecule has 4 heteroatoms. The van der Waals surface area contributed by atoms with Crippen molar-refractivity contribution in [3.63, 3.8) is 0 Å². The highest BCUT2D eigenvalue weighted by Crippen LogP contribution is 2.08. The van der Waals surface area contributed by atoms with Crippen LogP contribution in [0.4, 0.5) is 4.79 Å². The van der Waals surface area contributed by atoms with Gasteiger partial charge in [0.05, 0.1) is 0 Å². The number of benzene rings is 1. The lowest BCUT2D eigenvalue weighted by Crippen LogP contribution is -2.36. The Morgan fingerprint density at radius 3 is 2.37 bits per heavy atom. The van der Waals surface area contributed by atoms with Gasteiger partial charge in [-0.1, -0.05) is 44.2 Å². The highest BCUT2D eigenvalue weighted by molar-refractivity contribution is 5.83. The molecule has 0 aliphatic rings. The standard InChI is InChI=1S/C15H21NO3/c1-11(2)14(12(3)17)19-15(18)16-10-9-13-7-5-4-6-8-13/h4-8,11,14H,9-10H2,1-3H3,(H,16,18)/t14-/m0/s1. The minimum atomic E-state index is -0.670. The highest BCUT2D eigenvalue weighted by atomic mass is 16.6. The maximum absolute atomic E-state index is 11.6. The minimum absolute atomic E-state index is 0.0163. The van der Waals surface area contributed by atoms with E-state index < -0.39 is 12.2 Å². The third-order valence-electron chi connectivity index (χ3n) is 2.77. The van der Waals surface area contributed by atoms with Crippen LogP contribution in [0.5, 0.6) is 0 Å². The lowest BCUT2D eigenvalue weighted by atomic mass is 10.0. The molecule has 1 N–H and O–H groups in total. The summed E-state index contributed by atoms with van der Waals surface area (Å²) in [5.41, 5.74) is 1.15. The van der Waals surface area contributed by atoms with Gasteiger partial charge >= 0.3 is 6.09 Å². The first kappa shape index (κ1) is 15.2. The Bertz CT molecular complexity index is 415.